The molecule has 3 rings (SSSR count). The summed E-state index contributed by atoms with van der Waals surface area (Å²) in [7, 11) is 0. The Hall–Kier alpha value is -3.55. The van der Waals surface area contributed by atoms with Gasteiger partial charge in [-0.15, -0.1) is 0 Å². The minimum atomic E-state index is -0.581. The molecule has 0 spiro atoms. The van der Waals surface area contributed by atoms with Gasteiger partial charge >= 0.3 is 5.97 Å². The van der Waals surface area contributed by atoms with Gasteiger partial charge in [-0.25, -0.2) is 0 Å². The summed E-state index contributed by atoms with van der Waals surface area (Å²) in [6.07, 6.45) is 0. The van der Waals surface area contributed by atoms with Gasteiger partial charge in [-0.1, -0.05) is 24.3 Å². The van der Waals surface area contributed by atoms with Crippen LogP contribution in [0, 0.1) is 0 Å². The van der Waals surface area contributed by atoms with Crippen molar-refractivity contribution in [1.29, 1.82) is 0 Å². The first-order valence-electron chi connectivity index (χ1n) is 8.21. The number of hydrogen-bond acceptors (Lipinski definition) is 6. The molecule has 0 fully saturated rings. The summed E-state index contributed by atoms with van der Waals surface area (Å²) in [5, 5.41) is 0. The number of nitrogens with two attached hydrogens (primary N) is 1. The molecular weight excluding hydrogens is 352 g/mol. The molecule has 8 nitrogen and oxygen atoms in total. The molecule has 2 aromatic carbocycles. The Kier molecular flexibility index (Phi) is 5.55. The first-order valence-corrected chi connectivity index (χ1v) is 8.21. The summed E-state index contributed by atoms with van der Waals surface area (Å²) < 4.78 is 15.8. The quantitative estimate of drug-likeness (QED) is 0.729. The SMILES string of the molecule is NC(=O)COc1cccc(COC(=O)CN2C(=O)COc3ccccc32)c1. The van der Waals surface area contributed by atoms with Gasteiger partial charge in [-0.2, -0.15) is 0 Å². The number of primary amides is 1. The van der Waals surface area contributed by atoms with Crippen LogP contribution in [0.2, 0.25) is 0 Å². The number of carbonyl (C=O) groups excluding carboxylic acids is 3. The predicted octanol–water partition coefficient (Wildman–Crippen LogP) is 1.02. The summed E-state index contributed by atoms with van der Waals surface area (Å²) >= 11 is 0. The third-order valence-corrected chi connectivity index (χ3v) is 3.77. The number of fused-ring (bicyclic) bond motifs is 1. The van der Waals surface area contributed by atoms with Gasteiger partial charge in [0, 0.05) is 0 Å². The van der Waals surface area contributed by atoms with Crippen molar-refractivity contribution >= 4 is 23.5 Å². The molecule has 1 heterocycles. The second-order valence-corrected chi connectivity index (χ2v) is 5.80. The number of ether oxygens (including phenoxy) is 3. The van der Waals surface area contributed by atoms with Crippen LogP contribution in [-0.4, -0.2) is 37.5 Å². The molecule has 1 aliphatic rings. The van der Waals surface area contributed by atoms with Crippen LogP contribution in [-0.2, 0) is 25.7 Å². The average Bonchev–Trinajstić information content (AvgIpc) is 2.67. The summed E-state index contributed by atoms with van der Waals surface area (Å²) in [6.45, 7) is -0.560. The molecule has 8 heteroatoms. The molecule has 2 N–H and O–H groups in total. The first-order chi connectivity index (χ1) is 13.0. The van der Waals surface area contributed by atoms with E-state index in [1.807, 2.05) is 0 Å². The summed E-state index contributed by atoms with van der Waals surface area (Å²) in [5.41, 5.74) is 6.25. The van der Waals surface area contributed by atoms with E-state index in [-0.39, 0.29) is 32.3 Å². The van der Waals surface area contributed by atoms with E-state index in [4.69, 9.17) is 19.9 Å². The van der Waals surface area contributed by atoms with Gasteiger partial charge in [0.25, 0.3) is 11.8 Å². The number of carbonyl (C=O) groups is 3. The van der Waals surface area contributed by atoms with Crippen LogP contribution in [0.4, 0.5) is 5.69 Å². The smallest absolute Gasteiger partial charge is 0.326 e. The third kappa shape index (κ3) is 4.75. The van der Waals surface area contributed by atoms with Crippen LogP contribution in [0.25, 0.3) is 0 Å². The number of amides is 2. The molecule has 0 saturated carbocycles. The lowest BCUT2D eigenvalue weighted by molar-refractivity contribution is -0.144. The predicted molar refractivity (Wildman–Crippen MR) is 95.2 cm³/mol. The van der Waals surface area contributed by atoms with Gasteiger partial charge in [0.05, 0.1) is 5.69 Å². The van der Waals surface area contributed by atoms with Crippen LogP contribution >= 0.6 is 0 Å². The molecule has 0 atom stereocenters. The highest BCUT2D eigenvalue weighted by Crippen LogP contribution is 2.31. The topological polar surface area (TPSA) is 108 Å². The normalized spacial score (nSPS) is 12.7. The molecule has 0 saturated heterocycles. The minimum Gasteiger partial charge on any atom is -0.484 e. The fraction of sp³-hybridized carbons (Fsp3) is 0.211. The molecule has 0 radical (unpaired) electrons. The van der Waals surface area contributed by atoms with E-state index < -0.39 is 11.9 Å². The number of esters is 1. The Morgan fingerprint density at radius 2 is 1.96 bits per heavy atom. The van der Waals surface area contributed by atoms with Crippen molar-refractivity contribution in [3.05, 3.63) is 54.1 Å². The zero-order valence-corrected chi connectivity index (χ0v) is 14.4. The van der Waals surface area contributed by atoms with Crippen LogP contribution in [0.5, 0.6) is 11.5 Å². The maximum Gasteiger partial charge on any atom is 0.326 e. The fourth-order valence-electron chi connectivity index (χ4n) is 2.55. The Morgan fingerprint density at radius 1 is 1.15 bits per heavy atom. The summed E-state index contributed by atoms with van der Waals surface area (Å²) in [4.78, 5) is 36.4. The number of rotatable bonds is 7. The van der Waals surface area contributed by atoms with Gasteiger partial charge in [0.2, 0.25) is 0 Å². The van der Waals surface area contributed by atoms with Gasteiger partial charge < -0.3 is 19.9 Å². The molecule has 0 unspecified atom stereocenters. The molecule has 2 aromatic rings. The Labute approximate surface area is 155 Å². The van der Waals surface area contributed by atoms with Crippen LogP contribution in [0.1, 0.15) is 5.56 Å². The maximum absolute atomic E-state index is 12.2. The summed E-state index contributed by atoms with van der Waals surface area (Å²) in [6, 6.07) is 13.8. The molecule has 0 bridgehead atoms. The van der Waals surface area contributed by atoms with E-state index in [1.54, 1.807) is 48.5 Å². The summed E-state index contributed by atoms with van der Waals surface area (Å²) in [5.74, 6) is -0.456. The second-order valence-electron chi connectivity index (χ2n) is 5.80. The Morgan fingerprint density at radius 3 is 2.78 bits per heavy atom. The number of hydrogen-bond donors (Lipinski definition) is 1. The van der Waals surface area contributed by atoms with Gasteiger partial charge in [0.1, 0.15) is 24.7 Å². The lowest BCUT2D eigenvalue weighted by atomic mass is 10.2. The van der Waals surface area contributed by atoms with E-state index in [9.17, 15) is 14.4 Å². The van der Waals surface area contributed by atoms with E-state index in [0.29, 0.717) is 22.7 Å². The highest BCUT2D eigenvalue weighted by molar-refractivity contribution is 6.01. The lowest BCUT2D eigenvalue weighted by Gasteiger charge is -2.28. The number of benzene rings is 2. The van der Waals surface area contributed by atoms with Crippen molar-refractivity contribution in [2.24, 2.45) is 5.73 Å². The Bertz CT molecular complexity index is 867. The zero-order chi connectivity index (χ0) is 19.2. The monoisotopic (exact) mass is 370 g/mol. The molecule has 1 aliphatic heterocycles. The highest BCUT2D eigenvalue weighted by atomic mass is 16.5. The van der Waals surface area contributed by atoms with E-state index in [0.717, 1.165) is 0 Å². The zero-order valence-electron chi connectivity index (χ0n) is 14.4. The molecule has 2 amide bonds. The van der Waals surface area contributed by atoms with Crippen molar-refractivity contribution in [2.45, 2.75) is 6.61 Å². The van der Waals surface area contributed by atoms with E-state index in [1.165, 1.54) is 4.90 Å². The minimum absolute atomic E-state index is 0.00673. The molecular formula is C19H18N2O6. The first kappa shape index (κ1) is 18.2. The van der Waals surface area contributed by atoms with E-state index >= 15 is 0 Å². The largest absolute Gasteiger partial charge is 0.484 e. The van der Waals surface area contributed by atoms with Crippen molar-refractivity contribution in [3.8, 4) is 11.5 Å². The fourth-order valence-corrected chi connectivity index (χ4v) is 2.55. The molecule has 140 valence electrons. The van der Waals surface area contributed by atoms with Gasteiger partial charge in [-0.3, -0.25) is 19.3 Å². The number of para-hydroxylation sites is 2. The maximum atomic E-state index is 12.2. The van der Waals surface area contributed by atoms with Crippen molar-refractivity contribution in [3.63, 3.8) is 0 Å². The van der Waals surface area contributed by atoms with E-state index in [2.05, 4.69) is 0 Å². The second kappa shape index (κ2) is 8.22. The van der Waals surface area contributed by atoms with Crippen molar-refractivity contribution < 1.29 is 28.6 Å². The molecule has 27 heavy (non-hydrogen) atoms. The molecule has 0 aromatic heterocycles. The Balaban J connectivity index is 1.58. The number of nitrogens with zero attached hydrogens (tertiary/aromatic N) is 1. The van der Waals surface area contributed by atoms with Crippen LogP contribution in [0.15, 0.2) is 48.5 Å². The lowest BCUT2D eigenvalue weighted by Crippen LogP contribution is -2.42. The third-order valence-electron chi connectivity index (χ3n) is 3.77. The average molecular weight is 370 g/mol. The standard InChI is InChI=1S/C19H18N2O6/c20-17(22)11-25-14-5-3-4-13(8-14)10-27-19(24)9-21-15-6-1-2-7-16(15)26-12-18(21)23/h1-8H,9-12H2,(H2,20,22). The van der Waals surface area contributed by atoms with Crippen LogP contribution in [0.3, 0.4) is 0 Å². The van der Waals surface area contributed by atoms with Gasteiger partial charge in [-0.05, 0) is 29.8 Å². The number of anilines is 1. The van der Waals surface area contributed by atoms with Crippen molar-refractivity contribution in [2.75, 3.05) is 24.7 Å². The molecule has 0 aliphatic carbocycles. The van der Waals surface area contributed by atoms with Crippen molar-refractivity contribution in [1.82, 2.24) is 0 Å². The van der Waals surface area contributed by atoms with Gasteiger partial charge in [0.15, 0.2) is 13.2 Å². The highest BCUT2D eigenvalue weighted by Gasteiger charge is 2.27. The van der Waals surface area contributed by atoms with Crippen LogP contribution < -0.4 is 20.1 Å².